The molecule has 0 radical (unpaired) electrons. The lowest BCUT2D eigenvalue weighted by Crippen LogP contribution is -1.77. The minimum atomic E-state index is 0.138. The molecule has 1 N–H and O–H groups in total. The Hall–Kier alpha value is -1.71. The van der Waals surface area contributed by atoms with Crippen molar-refractivity contribution >= 4 is 34.3 Å². The van der Waals surface area contributed by atoms with E-state index < -0.39 is 0 Å². The summed E-state index contributed by atoms with van der Waals surface area (Å²) in [6.45, 7) is 0. The zero-order valence-electron chi connectivity index (χ0n) is 9.02. The molecule has 0 atom stereocenters. The fraction of sp³-hybridized carbons (Fsp3) is 0. The van der Waals surface area contributed by atoms with E-state index >= 15 is 0 Å². The number of nitrogens with zero attached hydrogens (tertiary/aromatic N) is 1. The van der Waals surface area contributed by atoms with Crippen LogP contribution in [0.5, 0.6) is 5.75 Å². The molecule has 0 aliphatic carbocycles. The monoisotopic (exact) mass is 279 g/mol. The molecule has 0 unspecified atom stereocenters. The van der Waals surface area contributed by atoms with Crippen LogP contribution in [-0.4, -0.2) is 10.1 Å². The molecule has 1 heterocycles. The van der Waals surface area contributed by atoms with Crippen LogP contribution < -0.4 is 0 Å². The van der Waals surface area contributed by atoms with Gasteiger partial charge < -0.3 is 9.52 Å². The number of rotatable bonds is 1. The van der Waals surface area contributed by atoms with Gasteiger partial charge in [-0.15, -0.1) is 0 Å². The SMILES string of the molecule is Oc1ccc2nc(-c3ccc(Cl)c(Cl)c3)oc2c1. The molecule has 0 saturated heterocycles. The van der Waals surface area contributed by atoms with E-state index in [9.17, 15) is 5.11 Å². The highest BCUT2D eigenvalue weighted by molar-refractivity contribution is 6.42. The maximum absolute atomic E-state index is 9.36. The first-order valence-corrected chi connectivity index (χ1v) is 5.94. The zero-order chi connectivity index (χ0) is 12.7. The summed E-state index contributed by atoms with van der Waals surface area (Å²) in [5.41, 5.74) is 1.94. The Morgan fingerprint density at radius 3 is 2.61 bits per heavy atom. The molecule has 3 aromatic rings. The summed E-state index contributed by atoms with van der Waals surface area (Å²) in [6, 6.07) is 9.92. The van der Waals surface area contributed by atoms with Crippen LogP contribution in [0.4, 0.5) is 0 Å². The van der Waals surface area contributed by atoms with Gasteiger partial charge in [-0.05, 0) is 30.3 Å². The Morgan fingerprint density at radius 1 is 1.00 bits per heavy atom. The number of phenols is 1. The number of aromatic hydroxyl groups is 1. The molecular weight excluding hydrogens is 273 g/mol. The summed E-state index contributed by atoms with van der Waals surface area (Å²) < 4.78 is 5.56. The Morgan fingerprint density at radius 2 is 1.83 bits per heavy atom. The first-order chi connectivity index (χ1) is 8.63. The second-order valence-corrected chi connectivity index (χ2v) is 4.61. The van der Waals surface area contributed by atoms with Crippen LogP contribution in [-0.2, 0) is 0 Å². The fourth-order valence-corrected chi connectivity index (χ4v) is 1.96. The van der Waals surface area contributed by atoms with Crippen LogP contribution in [0.3, 0.4) is 0 Å². The molecule has 0 aliphatic heterocycles. The van der Waals surface area contributed by atoms with Crippen LogP contribution in [0.15, 0.2) is 40.8 Å². The van der Waals surface area contributed by atoms with E-state index in [1.165, 1.54) is 6.07 Å². The highest BCUT2D eigenvalue weighted by Crippen LogP contribution is 2.30. The third-order valence-electron chi connectivity index (χ3n) is 2.54. The summed E-state index contributed by atoms with van der Waals surface area (Å²) in [7, 11) is 0. The van der Waals surface area contributed by atoms with Gasteiger partial charge in [-0.1, -0.05) is 23.2 Å². The first-order valence-electron chi connectivity index (χ1n) is 5.18. The van der Waals surface area contributed by atoms with E-state index in [-0.39, 0.29) is 5.75 Å². The largest absolute Gasteiger partial charge is 0.508 e. The molecule has 0 saturated carbocycles. The number of hydrogen-bond acceptors (Lipinski definition) is 3. The maximum atomic E-state index is 9.36. The molecule has 0 aliphatic rings. The number of oxazole rings is 1. The average Bonchev–Trinajstić information content (AvgIpc) is 2.75. The molecular formula is C13H7Cl2NO2. The summed E-state index contributed by atoms with van der Waals surface area (Å²) in [5, 5.41) is 10.3. The molecule has 3 rings (SSSR count). The van der Waals surface area contributed by atoms with Crippen molar-refractivity contribution < 1.29 is 9.52 Å². The molecule has 0 fully saturated rings. The van der Waals surface area contributed by atoms with Crippen LogP contribution in [0.25, 0.3) is 22.6 Å². The van der Waals surface area contributed by atoms with Crippen molar-refractivity contribution in [3.8, 4) is 17.2 Å². The summed E-state index contributed by atoms with van der Waals surface area (Å²) in [6.07, 6.45) is 0. The third kappa shape index (κ3) is 1.92. The molecule has 1 aromatic heterocycles. The van der Waals surface area contributed by atoms with Gasteiger partial charge in [0.15, 0.2) is 5.58 Å². The fourth-order valence-electron chi connectivity index (χ4n) is 1.67. The van der Waals surface area contributed by atoms with Crippen molar-refractivity contribution in [2.24, 2.45) is 0 Å². The topological polar surface area (TPSA) is 46.3 Å². The number of fused-ring (bicyclic) bond motifs is 1. The van der Waals surface area contributed by atoms with E-state index in [0.29, 0.717) is 27.0 Å². The van der Waals surface area contributed by atoms with Gasteiger partial charge in [-0.2, -0.15) is 0 Å². The highest BCUT2D eigenvalue weighted by Gasteiger charge is 2.10. The smallest absolute Gasteiger partial charge is 0.227 e. The van der Waals surface area contributed by atoms with Crippen molar-refractivity contribution in [3.05, 3.63) is 46.4 Å². The lowest BCUT2D eigenvalue weighted by molar-refractivity contribution is 0.474. The Kier molecular flexibility index (Phi) is 2.65. The molecule has 0 amide bonds. The Balaban J connectivity index is 2.16. The average molecular weight is 280 g/mol. The molecule has 18 heavy (non-hydrogen) atoms. The van der Waals surface area contributed by atoms with Gasteiger partial charge in [0.05, 0.1) is 10.0 Å². The number of phenolic OH excluding ortho intramolecular Hbond substituents is 1. The van der Waals surface area contributed by atoms with Gasteiger partial charge in [0.2, 0.25) is 5.89 Å². The van der Waals surface area contributed by atoms with E-state index in [1.54, 1.807) is 30.3 Å². The summed E-state index contributed by atoms with van der Waals surface area (Å²) in [4.78, 5) is 4.32. The van der Waals surface area contributed by atoms with E-state index in [4.69, 9.17) is 27.6 Å². The van der Waals surface area contributed by atoms with Crippen molar-refractivity contribution in [2.45, 2.75) is 0 Å². The van der Waals surface area contributed by atoms with Crippen LogP contribution in [0, 0.1) is 0 Å². The Bertz CT molecular complexity index is 737. The lowest BCUT2D eigenvalue weighted by atomic mass is 10.2. The number of benzene rings is 2. The normalized spacial score (nSPS) is 11.0. The predicted molar refractivity (Wildman–Crippen MR) is 71.1 cm³/mol. The molecule has 0 bridgehead atoms. The molecule has 0 spiro atoms. The molecule has 90 valence electrons. The van der Waals surface area contributed by atoms with Crippen molar-refractivity contribution in [1.29, 1.82) is 0 Å². The second kappa shape index (κ2) is 4.19. The first kappa shape index (κ1) is 11.4. The zero-order valence-corrected chi connectivity index (χ0v) is 10.5. The minimum Gasteiger partial charge on any atom is -0.508 e. The van der Waals surface area contributed by atoms with E-state index in [0.717, 1.165) is 5.56 Å². The maximum Gasteiger partial charge on any atom is 0.227 e. The van der Waals surface area contributed by atoms with Crippen LogP contribution >= 0.6 is 23.2 Å². The van der Waals surface area contributed by atoms with E-state index in [2.05, 4.69) is 4.98 Å². The van der Waals surface area contributed by atoms with Gasteiger partial charge in [0.1, 0.15) is 11.3 Å². The van der Waals surface area contributed by atoms with Crippen molar-refractivity contribution in [1.82, 2.24) is 4.98 Å². The van der Waals surface area contributed by atoms with Gasteiger partial charge in [0.25, 0.3) is 0 Å². The van der Waals surface area contributed by atoms with Gasteiger partial charge >= 0.3 is 0 Å². The third-order valence-corrected chi connectivity index (χ3v) is 3.28. The number of aromatic nitrogens is 1. The quantitative estimate of drug-likeness (QED) is 0.713. The van der Waals surface area contributed by atoms with Gasteiger partial charge in [0, 0.05) is 11.6 Å². The van der Waals surface area contributed by atoms with E-state index in [1.807, 2.05) is 0 Å². The number of hydrogen-bond donors (Lipinski definition) is 1. The van der Waals surface area contributed by atoms with Crippen molar-refractivity contribution in [3.63, 3.8) is 0 Å². The van der Waals surface area contributed by atoms with Crippen LogP contribution in [0.2, 0.25) is 10.0 Å². The van der Waals surface area contributed by atoms with Crippen LogP contribution in [0.1, 0.15) is 0 Å². The van der Waals surface area contributed by atoms with Gasteiger partial charge in [-0.3, -0.25) is 0 Å². The summed E-state index contributed by atoms with van der Waals surface area (Å²) in [5.74, 6) is 0.577. The number of halogens is 2. The molecule has 2 aromatic carbocycles. The highest BCUT2D eigenvalue weighted by atomic mass is 35.5. The Labute approximate surface area is 113 Å². The predicted octanol–water partition coefficient (Wildman–Crippen LogP) is 4.51. The second-order valence-electron chi connectivity index (χ2n) is 3.80. The van der Waals surface area contributed by atoms with Gasteiger partial charge in [-0.25, -0.2) is 4.98 Å². The standard InChI is InChI=1S/C13H7Cl2NO2/c14-9-3-1-7(5-10(9)15)13-16-11-4-2-8(17)6-12(11)18-13/h1-6,17H. The molecule has 5 heteroatoms. The van der Waals surface area contributed by atoms with Crippen molar-refractivity contribution in [2.75, 3.05) is 0 Å². The summed E-state index contributed by atoms with van der Waals surface area (Å²) >= 11 is 11.8. The minimum absolute atomic E-state index is 0.138. The lowest BCUT2D eigenvalue weighted by Gasteiger charge is -1.97. The molecule has 3 nitrogen and oxygen atoms in total.